The summed E-state index contributed by atoms with van der Waals surface area (Å²) in [5.74, 6) is 0.0253. The summed E-state index contributed by atoms with van der Waals surface area (Å²) in [4.78, 5) is 23.2. The number of phenolic OH excluding ortho intramolecular Hbond substituents is 1. The molecule has 1 aliphatic rings. The molecule has 1 aliphatic heterocycles. The van der Waals surface area contributed by atoms with Crippen molar-refractivity contribution < 1.29 is 9.90 Å². The first kappa shape index (κ1) is 17.3. The van der Waals surface area contributed by atoms with Gasteiger partial charge in [0.15, 0.2) is 5.17 Å². The molecule has 2 aromatic rings. The Morgan fingerprint density at radius 1 is 1.32 bits per heavy atom. The van der Waals surface area contributed by atoms with Crippen molar-refractivity contribution in [3.8, 4) is 5.75 Å². The molecule has 1 fully saturated rings. The number of aromatic hydroxyl groups is 1. The fourth-order valence-electron chi connectivity index (χ4n) is 2.16. The summed E-state index contributed by atoms with van der Waals surface area (Å²) in [6, 6.07) is 8.31. The Morgan fingerprint density at radius 3 is 2.76 bits per heavy atom. The van der Waals surface area contributed by atoms with Gasteiger partial charge in [-0.25, -0.2) is 4.99 Å². The molecule has 0 bridgehead atoms. The van der Waals surface area contributed by atoms with Crippen LogP contribution >= 0.6 is 23.4 Å². The zero-order valence-corrected chi connectivity index (χ0v) is 14.7. The van der Waals surface area contributed by atoms with E-state index < -0.39 is 0 Å². The van der Waals surface area contributed by atoms with Gasteiger partial charge in [0.25, 0.3) is 5.91 Å². The van der Waals surface area contributed by atoms with Crippen LogP contribution in [0.1, 0.15) is 5.56 Å². The number of nitrogens with zero attached hydrogens (tertiary/aromatic N) is 3. The number of aromatic nitrogens is 1. The number of carbonyl (C=O) groups excluding carboxylic acids is 1. The van der Waals surface area contributed by atoms with Gasteiger partial charge in [-0.2, -0.15) is 0 Å². The molecule has 0 saturated carbocycles. The molecule has 126 valence electrons. The van der Waals surface area contributed by atoms with Crippen LogP contribution < -0.4 is 0 Å². The zero-order chi connectivity index (χ0) is 17.8. The van der Waals surface area contributed by atoms with E-state index in [4.69, 9.17) is 11.6 Å². The van der Waals surface area contributed by atoms with E-state index >= 15 is 0 Å². The highest BCUT2D eigenvalue weighted by atomic mass is 35.5. The maximum atomic E-state index is 12.7. The van der Waals surface area contributed by atoms with Crippen LogP contribution in [0.5, 0.6) is 5.75 Å². The third kappa shape index (κ3) is 3.92. The highest BCUT2D eigenvalue weighted by Gasteiger charge is 2.32. The summed E-state index contributed by atoms with van der Waals surface area (Å²) in [6.07, 6.45) is 6.51. The number of halogens is 1. The van der Waals surface area contributed by atoms with Gasteiger partial charge >= 0.3 is 0 Å². The molecule has 1 aromatic heterocycles. The summed E-state index contributed by atoms with van der Waals surface area (Å²) in [5.41, 5.74) is 1.36. The molecule has 1 amide bonds. The van der Waals surface area contributed by atoms with Crippen LogP contribution in [-0.2, 0) is 4.79 Å². The lowest BCUT2D eigenvalue weighted by atomic mass is 10.2. The second kappa shape index (κ2) is 7.55. The lowest BCUT2D eigenvalue weighted by Crippen LogP contribution is -2.29. The Hall–Kier alpha value is -2.57. The van der Waals surface area contributed by atoms with E-state index in [0.29, 0.717) is 27.3 Å². The molecular formula is C18H14ClN3O2S. The van der Waals surface area contributed by atoms with Crippen molar-refractivity contribution in [1.82, 2.24) is 9.88 Å². The summed E-state index contributed by atoms with van der Waals surface area (Å²) in [5, 5.41) is 10.3. The minimum Gasteiger partial charge on any atom is -0.508 e. The predicted molar refractivity (Wildman–Crippen MR) is 102 cm³/mol. The van der Waals surface area contributed by atoms with Crippen LogP contribution in [0.2, 0.25) is 5.02 Å². The predicted octanol–water partition coefficient (Wildman–Crippen LogP) is 4.23. The SMILES string of the molecule is C=CCN1C(=O)/C(=C/c2ccc(O)cc2)SC1=Nc1ccncc1Cl. The van der Waals surface area contributed by atoms with Crippen molar-refractivity contribution in [2.75, 3.05) is 6.54 Å². The molecule has 25 heavy (non-hydrogen) atoms. The lowest BCUT2D eigenvalue weighted by Gasteiger charge is -2.12. The van der Waals surface area contributed by atoms with E-state index in [9.17, 15) is 9.90 Å². The molecule has 0 atom stereocenters. The number of thioether (sulfide) groups is 1. The van der Waals surface area contributed by atoms with E-state index in [1.165, 1.54) is 18.0 Å². The highest BCUT2D eigenvalue weighted by molar-refractivity contribution is 8.18. The number of amidine groups is 1. The summed E-state index contributed by atoms with van der Waals surface area (Å²) in [6.45, 7) is 4.04. The van der Waals surface area contributed by atoms with Crippen molar-refractivity contribution in [2.24, 2.45) is 4.99 Å². The van der Waals surface area contributed by atoms with Gasteiger partial charge < -0.3 is 5.11 Å². The van der Waals surface area contributed by atoms with E-state index in [0.717, 1.165) is 5.56 Å². The van der Waals surface area contributed by atoms with Crippen LogP contribution in [0.3, 0.4) is 0 Å². The number of pyridine rings is 1. The van der Waals surface area contributed by atoms with Gasteiger partial charge in [0.2, 0.25) is 0 Å². The molecule has 0 unspecified atom stereocenters. The highest BCUT2D eigenvalue weighted by Crippen LogP contribution is 2.35. The molecule has 0 aliphatic carbocycles. The van der Waals surface area contributed by atoms with Crippen LogP contribution in [-0.4, -0.2) is 32.6 Å². The quantitative estimate of drug-likeness (QED) is 0.645. The second-order valence-corrected chi connectivity index (χ2v) is 6.54. The largest absolute Gasteiger partial charge is 0.508 e. The van der Waals surface area contributed by atoms with Crippen molar-refractivity contribution in [1.29, 1.82) is 0 Å². The number of benzene rings is 1. The Balaban J connectivity index is 1.96. The van der Waals surface area contributed by atoms with Crippen LogP contribution in [0.15, 0.2) is 65.3 Å². The maximum Gasteiger partial charge on any atom is 0.267 e. The topological polar surface area (TPSA) is 65.8 Å². The third-order valence-electron chi connectivity index (χ3n) is 3.36. The number of phenols is 1. The third-order valence-corrected chi connectivity index (χ3v) is 4.66. The molecule has 0 spiro atoms. The van der Waals surface area contributed by atoms with Gasteiger partial charge in [0.1, 0.15) is 5.75 Å². The standard InChI is InChI=1S/C18H14ClN3O2S/c1-2-9-22-17(24)16(10-12-3-5-13(23)6-4-12)25-18(22)21-15-7-8-20-11-14(15)19/h2-8,10-11,23H,1,9H2/b16-10-,21-18?. The molecule has 0 radical (unpaired) electrons. The Bertz CT molecular complexity index is 878. The number of rotatable bonds is 4. The molecular weight excluding hydrogens is 358 g/mol. The van der Waals surface area contributed by atoms with E-state index in [2.05, 4.69) is 16.6 Å². The molecule has 1 aromatic carbocycles. The average Bonchev–Trinajstić information content (AvgIpc) is 2.88. The van der Waals surface area contributed by atoms with Gasteiger partial charge in [0.05, 0.1) is 15.6 Å². The normalized spacial score (nSPS) is 17.5. The van der Waals surface area contributed by atoms with Gasteiger partial charge in [0, 0.05) is 18.9 Å². The Morgan fingerprint density at radius 2 is 2.08 bits per heavy atom. The van der Waals surface area contributed by atoms with Gasteiger partial charge in [-0.3, -0.25) is 14.7 Å². The van der Waals surface area contributed by atoms with Crippen LogP contribution in [0.4, 0.5) is 5.69 Å². The minimum atomic E-state index is -0.151. The first-order valence-corrected chi connectivity index (χ1v) is 8.57. The Labute approximate surface area is 154 Å². The molecule has 7 heteroatoms. The zero-order valence-electron chi connectivity index (χ0n) is 13.1. The van der Waals surface area contributed by atoms with Gasteiger partial charge in [-0.05, 0) is 41.6 Å². The van der Waals surface area contributed by atoms with Gasteiger partial charge in [-0.15, -0.1) is 6.58 Å². The van der Waals surface area contributed by atoms with Crippen LogP contribution in [0, 0.1) is 0 Å². The molecule has 5 nitrogen and oxygen atoms in total. The number of amides is 1. The number of hydrogen-bond donors (Lipinski definition) is 1. The van der Waals surface area contributed by atoms with E-state index in [1.807, 2.05) is 0 Å². The maximum absolute atomic E-state index is 12.7. The van der Waals surface area contributed by atoms with Crippen molar-refractivity contribution in [2.45, 2.75) is 0 Å². The summed E-state index contributed by atoms with van der Waals surface area (Å²) in [7, 11) is 0. The monoisotopic (exact) mass is 371 g/mol. The first-order valence-electron chi connectivity index (χ1n) is 7.38. The number of carbonyl (C=O) groups is 1. The van der Waals surface area contributed by atoms with Crippen molar-refractivity contribution >= 4 is 46.2 Å². The molecule has 2 heterocycles. The molecule has 1 saturated heterocycles. The van der Waals surface area contributed by atoms with Crippen molar-refractivity contribution in [3.63, 3.8) is 0 Å². The lowest BCUT2D eigenvalue weighted by molar-refractivity contribution is -0.121. The van der Waals surface area contributed by atoms with Crippen molar-refractivity contribution in [3.05, 3.63) is 70.9 Å². The average molecular weight is 372 g/mol. The van der Waals surface area contributed by atoms with Crippen LogP contribution in [0.25, 0.3) is 6.08 Å². The fraction of sp³-hybridized carbons (Fsp3) is 0.0556. The van der Waals surface area contributed by atoms with E-state index in [1.54, 1.807) is 53.6 Å². The van der Waals surface area contributed by atoms with Gasteiger partial charge in [-0.1, -0.05) is 29.8 Å². The smallest absolute Gasteiger partial charge is 0.267 e. The fourth-order valence-corrected chi connectivity index (χ4v) is 3.33. The second-order valence-electron chi connectivity index (χ2n) is 5.13. The Kier molecular flexibility index (Phi) is 5.21. The molecule has 3 rings (SSSR count). The number of aliphatic imine (C=N–C) groups is 1. The van der Waals surface area contributed by atoms with E-state index in [-0.39, 0.29) is 11.7 Å². The summed E-state index contributed by atoms with van der Waals surface area (Å²) < 4.78 is 0. The minimum absolute atomic E-state index is 0.151. The summed E-state index contributed by atoms with van der Waals surface area (Å²) >= 11 is 7.37. The molecule has 1 N–H and O–H groups in total. The number of hydrogen-bond acceptors (Lipinski definition) is 5. The first-order chi connectivity index (χ1) is 12.1.